The predicted molar refractivity (Wildman–Crippen MR) is 64.4 cm³/mol. The monoisotopic (exact) mass is 216 g/mol. The number of aliphatic hydroxyl groups is 1. The third kappa shape index (κ3) is 1.52. The number of H-pyrrole nitrogens is 1. The van der Waals surface area contributed by atoms with Gasteiger partial charge in [-0.05, 0) is 49.0 Å². The highest BCUT2D eigenvalue weighted by Crippen LogP contribution is 2.26. The van der Waals surface area contributed by atoms with Crippen LogP contribution >= 0.6 is 0 Å². The van der Waals surface area contributed by atoms with E-state index in [1.165, 1.54) is 16.6 Å². The predicted octanol–water partition coefficient (Wildman–Crippen LogP) is 1.87. The molecule has 0 amide bonds. The van der Waals surface area contributed by atoms with E-state index >= 15 is 0 Å². The average Bonchev–Trinajstić information content (AvgIpc) is 2.81. The summed E-state index contributed by atoms with van der Waals surface area (Å²) in [5.74, 6) is 0. The van der Waals surface area contributed by atoms with Gasteiger partial charge in [0.15, 0.2) is 0 Å². The molecule has 0 saturated carbocycles. The molecule has 1 saturated heterocycles. The molecule has 16 heavy (non-hydrogen) atoms. The van der Waals surface area contributed by atoms with Crippen LogP contribution in [-0.4, -0.2) is 22.7 Å². The van der Waals surface area contributed by atoms with E-state index in [2.05, 4.69) is 41.5 Å². The first-order valence-corrected chi connectivity index (χ1v) is 5.75. The number of aromatic nitrogens is 1. The van der Waals surface area contributed by atoms with Gasteiger partial charge >= 0.3 is 0 Å². The SMILES string of the molecule is Cc1cc2cc(C3NCCC3O)ccc2[nH]1. The second-order valence-corrected chi connectivity index (χ2v) is 4.59. The molecule has 3 rings (SSSR count). The lowest BCUT2D eigenvalue weighted by Gasteiger charge is -2.15. The van der Waals surface area contributed by atoms with Crippen molar-refractivity contribution in [3.63, 3.8) is 0 Å². The second kappa shape index (κ2) is 3.61. The molecule has 1 aromatic carbocycles. The van der Waals surface area contributed by atoms with Gasteiger partial charge in [0.2, 0.25) is 0 Å². The van der Waals surface area contributed by atoms with E-state index in [1.807, 2.05) is 0 Å². The number of aryl methyl sites for hydroxylation is 1. The van der Waals surface area contributed by atoms with Crippen LogP contribution in [0.5, 0.6) is 0 Å². The van der Waals surface area contributed by atoms with Crippen molar-refractivity contribution in [1.29, 1.82) is 0 Å². The van der Waals surface area contributed by atoms with Crippen LogP contribution in [0.1, 0.15) is 23.7 Å². The van der Waals surface area contributed by atoms with Gasteiger partial charge in [0.25, 0.3) is 0 Å². The lowest BCUT2D eigenvalue weighted by molar-refractivity contribution is 0.160. The van der Waals surface area contributed by atoms with Gasteiger partial charge in [-0.15, -0.1) is 0 Å². The summed E-state index contributed by atoms with van der Waals surface area (Å²) in [6.45, 7) is 2.96. The quantitative estimate of drug-likeness (QED) is 0.681. The number of fused-ring (bicyclic) bond motifs is 1. The van der Waals surface area contributed by atoms with Crippen molar-refractivity contribution < 1.29 is 5.11 Å². The van der Waals surface area contributed by atoms with Crippen LogP contribution < -0.4 is 5.32 Å². The third-order valence-corrected chi connectivity index (χ3v) is 3.33. The minimum absolute atomic E-state index is 0.0969. The van der Waals surface area contributed by atoms with Crippen molar-refractivity contribution in [3.8, 4) is 0 Å². The normalized spacial score (nSPS) is 25.4. The van der Waals surface area contributed by atoms with Gasteiger partial charge in [-0.1, -0.05) is 6.07 Å². The van der Waals surface area contributed by atoms with Gasteiger partial charge in [-0.2, -0.15) is 0 Å². The van der Waals surface area contributed by atoms with Crippen molar-refractivity contribution >= 4 is 10.9 Å². The summed E-state index contributed by atoms with van der Waals surface area (Å²) in [5, 5.41) is 14.4. The number of hydrogen-bond acceptors (Lipinski definition) is 2. The maximum Gasteiger partial charge on any atom is 0.0747 e. The minimum atomic E-state index is -0.252. The molecular weight excluding hydrogens is 200 g/mol. The molecule has 3 heteroatoms. The fraction of sp³-hybridized carbons (Fsp3) is 0.385. The maximum absolute atomic E-state index is 9.85. The Morgan fingerprint density at radius 1 is 1.31 bits per heavy atom. The number of nitrogens with one attached hydrogen (secondary N) is 2. The van der Waals surface area contributed by atoms with E-state index in [0.717, 1.165) is 18.5 Å². The van der Waals surface area contributed by atoms with Crippen molar-refractivity contribution in [2.24, 2.45) is 0 Å². The fourth-order valence-corrected chi connectivity index (χ4v) is 2.52. The number of benzene rings is 1. The zero-order chi connectivity index (χ0) is 11.1. The van der Waals surface area contributed by atoms with E-state index in [1.54, 1.807) is 0 Å². The summed E-state index contributed by atoms with van der Waals surface area (Å²) >= 11 is 0. The van der Waals surface area contributed by atoms with Crippen LogP contribution in [0.3, 0.4) is 0 Å². The first-order chi connectivity index (χ1) is 7.74. The Bertz CT molecular complexity index is 518. The van der Waals surface area contributed by atoms with E-state index in [0.29, 0.717) is 0 Å². The molecule has 84 valence electrons. The lowest BCUT2D eigenvalue weighted by atomic mass is 10.0. The highest BCUT2D eigenvalue weighted by Gasteiger charge is 2.26. The van der Waals surface area contributed by atoms with Gasteiger partial charge in [0.1, 0.15) is 0 Å². The Morgan fingerprint density at radius 3 is 2.94 bits per heavy atom. The molecule has 0 spiro atoms. The van der Waals surface area contributed by atoms with Crippen LogP contribution in [0.15, 0.2) is 24.3 Å². The zero-order valence-corrected chi connectivity index (χ0v) is 9.33. The van der Waals surface area contributed by atoms with Crippen molar-refractivity contribution in [2.75, 3.05) is 6.54 Å². The molecule has 2 unspecified atom stereocenters. The van der Waals surface area contributed by atoms with E-state index < -0.39 is 0 Å². The number of hydrogen-bond donors (Lipinski definition) is 3. The van der Waals surface area contributed by atoms with Gasteiger partial charge in [0.05, 0.1) is 12.1 Å². The van der Waals surface area contributed by atoms with Crippen molar-refractivity contribution in [1.82, 2.24) is 10.3 Å². The summed E-state index contributed by atoms with van der Waals surface area (Å²) < 4.78 is 0. The zero-order valence-electron chi connectivity index (χ0n) is 9.33. The van der Waals surface area contributed by atoms with Gasteiger partial charge in [-0.3, -0.25) is 0 Å². The van der Waals surface area contributed by atoms with Gasteiger partial charge in [-0.25, -0.2) is 0 Å². The first-order valence-electron chi connectivity index (χ1n) is 5.75. The first kappa shape index (κ1) is 9.87. The number of rotatable bonds is 1. The van der Waals surface area contributed by atoms with Crippen LogP contribution in [0.2, 0.25) is 0 Å². The molecule has 1 fully saturated rings. The summed E-state index contributed by atoms with van der Waals surface area (Å²) in [5.41, 5.74) is 3.51. The number of aromatic amines is 1. The van der Waals surface area contributed by atoms with Crippen molar-refractivity contribution in [3.05, 3.63) is 35.5 Å². The molecule has 3 N–H and O–H groups in total. The molecule has 0 radical (unpaired) electrons. The van der Waals surface area contributed by atoms with Crippen LogP contribution in [0, 0.1) is 6.92 Å². The largest absolute Gasteiger partial charge is 0.391 e. The third-order valence-electron chi connectivity index (χ3n) is 3.33. The fourth-order valence-electron chi connectivity index (χ4n) is 2.52. The number of aliphatic hydroxyl groups excluding tert-OH is 1. The smallest absolute Gasteiger partial charge is 0.0747 e. The standard InChI is InChI=1S/C13H16N2O/c1-8-6-10-7-9(2-3-11(10)15-8)13-12(16)4-5-14-13/h2-3,6-7,12-16H,4-5H2,1H3. The lowest BCUT2D eigenvalue weighted by Crippen LogP contribution is -2.20. The van der Waals surface area contributed by atoms with Crippen LogP contribution in [-0.2, 0) is 0 Å². The Hall–Kier alpha value is -1.32. The highest BCUT2D eigenvalue weighted by molar-refractivity contribution is 5.81. The minimum Gasteiger partial charge on any atom is -0.391 e. The molecular formula is C13H16N2O. The molecule has 1 aliphatic rings. The summed E-state index contributed by atoms with van der Waals surface area (Å²) in [4.78, 5) is 3.30. The molecule has 2 heterocycles. The Labute approximate surface area is 94.5 Å². The molecule has 2 aromatic rings. The van der Waals surface area contributed by atoms with Gasteiger partial charge in [0, 0.05) is 11.2 Å². The Morgan fingerprint density at radius 2 is 2.19 bits per heavy atom. The molecule has 2 atom stereocenters. The molecule has 0 aliphatic carbocycles. The van der Waals surface area contributed by atoms with E-state index in [9.17, 15) is 5.11 Å². The molecule has 1 aliphatic heterocycles. The molecule has 3 nitrogen and oxygen atoms in total. The van der Waals surface area contributed by atoms with E-state index in [-0.39, 0.29) is 12.1 Å². The molecule has 0 bridgehead atoms. The highest BCUT2D eigenvalue weighted by atomic mass is 16.3. The topological polar surface area (TPSA) is 48.0 Å². The summed E-state index contributed by atoms with van der Waals surface area (Å²) in [7, 11) is 0. The molecule has 1 aromatic heterocycles. The van der Waals surface area contributed by atoms with E-state index in [4.69, 9.17) is 0 Å². The second-order valence-electron chi connectivity index (χ2n) is 4.59. The van der Waals surface area contributed by atoms with Crippen LogP contribution in [0.4, 0.5) is 0 Å². The maximum atomic E-state index is 9.85. The van der Waals surface area contributed by atoms with Crippen LogP contribution in [0.25, 0.3) is 10.9 Å². The van der Waals surface area contributed by atoms with Crippen molar-refractivity contribution in [2.45, 2.75) is 25.5 Å². The Balaban J connectivity index is 2.04. The Kier molecular flexibility index (Phi) is 2.23. The summed E-state index contributed by atoms with van der Waals surface area (Å²) in [6, 6.07) is 8.57. The average molecular weight is 216 g/mol. The van der Waals surface area contributed by atoms with Gasteiger partial charge < -0.3 is 15.4 Å². The summed E-state index contributed by atoms with van der Waals surface area (Å²) in [6.07, 6.45) is 0.590.